The van der Waals surface area contributed by atoms with E-state index in [-0.39, 0.29) is 0 Å². The van der Waals surface area contributed by atoms with Crippen LogP contribution in [0.1, 0.15) is 5.56 Å². The van der Waals surface area contributed by atoms with Crippen molar-refractivity contribution in [3.05, 3.63) is 84.8 Å². The topological polar surface area (TPSA) is 22.8 Å². The number of alkyl halides is 3. The van der Waals surface area contributed by atoms with Gasteiger partial charge in [-0.3, -0.25) is 4.57 Å². The summed E-state index contributed by atoms with van der Waals surface area (Å²) in [5.41, 5.74) is 3.35. The van der Waals surface area contributed by atoms with Crippen LogP contribution in [0.3, 0.4) is 0 Å². The summed E-state index contributed by atoms with van der Waals surface area (Å²) in [6.45, 7) is 0. The average molecular weight is 391 g/mol. The lowest BCUT2D eigenvalue weighted by molar-refractivity contribution is -0.137. The maximum absolute atomic E-state index is 13.6. The smallest absolute Gasteiger partial charge is 0.351 e. The van der Waals surface area contributed by atoms with Crippen molar-refractivity contribution in [3.8, 4) is 16.8 Å². The van der Waals surface area contributed by atoms with E-state index in [0.29, 0.717) is 16.6 Å². The summed E-state index contributed by atoms with van der Waals surface area (Å²) in [6, 6.07) is 19.5. The Morgan fingerprint density at radius 3 is 2.45 bits per heavy atom. The number of aryl methyl sites for hydroxylation is 1. The van der Waals surface area contributed by atoms with E-state index >= 15 is 0 Å². The Kier molecular flexibility index (Phi) is 3.77. The molecule has 5 rings (SSSR count). The lowest BCUT2D eigenvalue weighted by atomic mass is 9.99. The Morgan fingerprint density at radius 1 is 0.897 bits per heavy atom. The highest BCUT2D eigenvalue weighted by Crippen LogP contribution is 2.38. The van der Waals surface area contributed by atoms with Gasteiger partial charge in [-0.2, -0.15) is 13.2 Å². The molecule has 144 valence electrons. The molecule has 0 aliphatic carbocycles. The van der Waals surface area contributed by atoms with Crippen molar-refractivity contribution in [2.45, 2.75) is 6.18 Å². The number of fused-ring (bicyclic) bond motifs is 2. The first-order valence-corrected chi connectivity index (χ1v) is 9.11. The van der Waals surface area contributed by atoms with Crippen LogP contribution in [-0.4, -0.2) is 14.1 Å². The van der Waals surface area contributed by atoms with Crippen LogP contribution >= 0.6 is 0 Å². The quantitative estimate of drug-likeness (QED) is 0.351. The molecule has 2 aromatic heterocycles. The van der Waals surface area contributed by atoms with Crippen molar-refractivity contribution in [2.24, 2.45) is 7.05 Å². The van der Waals surface area contributed by atoms with E-state index in [9.17, 15) is 13.2 Å². The van der Waals surface area contributed by atoms with Gasteiger partial charge in [-0.15, -0.1) is 0 Å². The zero-order chi connectivity index (χ0) is 20.2. The van der Waals surface area contributed by atoms with Gasteiger partial charge in [0.2, 0.25) is 0 Å². The molecule has 3 nitrogen and oxygen atoms in total. The summed E-state index contributed by atoms with van der Waals surface area (Å²) >= 11 is 0. The van der Waals surface area contributed by atoms with E-state index in [0.717, 1.165) is 28.2 Å². The normalized spacial score (nSPS) is 12.1. The number of rotatable bonds is 2. The molecule has 6 heteroatoms. The highest BCUT2D eigenvalue weighted by Gasteiger charge is 2.32. The Hall–Kier alpha value is -3.54. The molecule has 0 saturated heterocycles. The molecule has 0 fully saturated rings. The summed E-state index contributed by atoms with van der Waals surface area (Å²) < 4.78 is 44.5. The lowest BCUT2D eigenvalue weighted by Gasteiger charge is -2.13. The van der Waals surface area contributed by atoms with E-state index in [4.69, 9.17) is 0 Å². The first-order valence-electron chi connectivity index (χ1n) is 9.11. The molecule has 0 saturated carbocycles. The van der Waals surface area contributed by atoms with Crippen LogP contribution in [0, 0.1) is 0 Å². The first kappa shape index (κ1) is 17.6. The zero-order valence-electron chi connectivity index (χ0n) is 15.5. The highest BCUT2D eigenvalue weighted by molar-refractivity contribution is 5.97. The second-order valence-electron chi connectivity index (χ2n) is 7.04. The molecule has 2 heterocycles. The molecule has 0 aliphatic heterocycles. The zero-order valence-corrected chi connectivity index (χ0v) is 15.5. The van der Waals surface area contributed by atoms with Gasteiger partial charge in [0.15, 0.2) is 0 Å². The fourth-order valence-corrected chi connectivity index (χ4v) is 3.77. The molecule has 5 aromatic rings. The van der Waals surface area contributed by atoms with Gasteiger partial charge in [-0.05, 0) is 48.0 Å². The van der Waals surface area contributed by atoms with Crippen molar-refractivity contribution in [3.63, 3.8) is 0 Å². The maximum atomic E-state index is 13.6. The molecular formula is C23H16F3N3. The summed E-state index contributed by atoms with van der Waals surface area (Å²) in [5, 5.41) is 0.973. The number of para-hydroxylation sites is 1. The third-order valence-corrected chi connectivity index (χ3v) is 5.20. The minimum Gasteiger partial charge on any atom is -0.351 e. The standard InChI is InChI=1S/C23H16F3N3/c1-28-10-9-16-11-15(7-8-21(16)28)19-12-17(23(24,25)26)13-20-22(19)29(14-27-20)18-5-3-2-4-6-18/h2-14H,1H3. The number of hydrogen-bond donors (Lipinski definition) is 0. The van der Waals surface area contributed by atoms with E-state index in [2.05, 4.69) is 4.98 Å². The molecule has 0 spiro atoms. The fourth-order valence-electron chi connectivity index (χ4n) is 3.77. The van der Waals surface area contributed by atoms with Crippen LogP contribution in [0.15, 0.2) is 79.3 Å². The van der Waals surface area contributed by atoms with Gasteiger partial charge in [-0.25, -0.2) is 4.98 Å². The van der Waals surface area contributed by atoms with Crippen LogP contribution in [0.5, 0.6) is 0 Å². The molecule has 3 aromatic carbocycles. The molecule has 0 amide bonds. The lowest BCUT2D eigenvalue weighted by Crippen LogP contribution is -2.05. The number of hydrogen-bond acceptors (Lipinski definition) is 1. The predicted molar refractivity (Wildman–Crippen MR) is 108 cm³/mol. The largest absolute Gasteiger partial charge is 0.416 e. The molecule has 0 bridgehead atoms. The average Bonchev–Trinajstić information content (AvgIpc) is 3.31. The van der Waals surface area contributed by atoms with Crippen LogP contribution in [-0.2, 0) is 13.2 Å². The Bertz CT molecular complexity index is 1340. The van der Waals surface area contributed by atoms with Crippen molar-refractivity contribution in [1.82, 2.24) is 14.1 Å². The third kappa shape index (κ3) is 2.88. The third-order valence-electron chi connectivity index (χ3n) is 5.20. The van der Waals surface area contributed by atoms with E-state index in [1.54, 1.807) is 6.33 Å². The number of nitrogens with zero attached hydrogens (tertiary/aromatic N) is 3. The first-order chi connectivity index (χ1) is 13.9. The van der Waals surface area contributed by atoms with Gasteiger partial charge < -0.3 is 4.57 Å². The second kappa shape index (κ2) is 6.24. The molecule has 0 atom stereocenters. The van der Waals surface area contributed by atoms with Crippen LogP contribution < -0.4 is 0 Å². The van der Waals surface area contributed by atoms with Crippen LogP contribution in [0.25, 0.3) is 38.8 Å². The Balaban J connectivity index is 1.84. The predicted octanol–water partition coefficient (Wildman–Crippen LogP) is 6.20. The second-order valence-corrected chi connectivity index (χ2v) is 7.04. The van der Waals surface area contributed by atoms with Gasteiger partial charge in [0.1, 0.15) is 6.33 Å². The monoisotopic (exact) mass is 391 g/mol. The molecule has 0 N–H and O–H groups in total. The van der Waals surface area contributed by atoms with Crippen molar-refractivity contribution in [1.29, 1.82) is 0 Å². The van der Waals surface area contributed by atoms with Crippen LogP contribution in [0.4, 0.5) is 13.2 Å². The van der Waals surface area contributed by atoms with Gasteiger partial charge >= 0.3 is 6.18 Å². The Labute approximate surface area is 164 Å². The molecular weight excluding hydrogens is 375 g/mol. The number of halogens is 3. The van der Waals surface area contributed by atoms with Gasteiger partial charge in [0.05, 0.1) is 16.6 Å². The molecule has 0 unspecified atom stereocenters. The SMILES string of the molecule is Cn1ccc2cc(-c3cc(C(F)(F)F)cc4ncn(-c5ccccc5)c34)ccc21. The van der Waals surface area contributed by atoms with E-state index in [1.165, 1.54) is 6.07 Å². The minimum absolute atomic E-state index is 0.312. The van der Waals surface area contributed by atoms with E-state index < -0.39 is 11.7 Å². The molecule has 29 heavy (non-hydrogen) atoms. The summed E-state index contributed by atoms with van der Waals surface area (Å²) in [7, 11) is 1.94. The van der Waals surface area contributed by atoms with Crippen molar-refractivity contribution in [2.75, 3.05) is 0 Å². The summed E-state index contributed by atoms with van der Waals surface area (Å²) in [4.78, 5) is 4.28. The maximum Gasteiger partial charge on any atom is 0.416 e. The highest BCUT2D eigenvalue weighted by atomic mass is 19.4. The molecule has 0 radical (unpaired) electrons. The summed E-state index contributed by atoms with van der Waals surface area (Å²) in [6.07, 6.45) is -0.939. The molecule has 0 aliphatic rings. The minimum atomic E-state index is -4.45. The van der Waals surface area contributed by atoms with Crippen LogP contribution in [0.2, 0.25) is 0 Å². The van der Waals surface area contributed by atoms with Gasteiger partial charge in [0, 0.05) is 35.4 Å². The number of imidazole rings is 1. The number of benzene rings is 3. The Morgan fingerprint density at radius 2 is 1.69 bits per heavy atom. The fraction of sp³-hybridized carbons (Fsp3) is 0.0870. The van der Waals surface area contributed by atoms with Crippen molar-refractivity contribution >= 4 is 21.9 Å². The number of aromatic nitrogens is 3. The van der Waals surface area contributed by atoms with Gasteiger partial charge in [-0.1, -0.05) is 24.3 Å². The van der Waals surface area contributed by atoms with Crippen molar-refractivity contribution < 1.29 is 13.2 Å². The van der Waals surface area contributed by atoms with Gasteiger partial charge in [0.25, 0.3) is 0 Å². The van der Waals surface area contributed by atoms with E-state index in [1.807, 2.05) is 77.0 Å². The summed E-state index contributed by atoms with van der Waals surface area (Å²) in [5.74, 6) is 0.